The fourth-order valence-corrected chi connectivity index (χ4v) is 2.90. The Bertz CT molecular complexity index is 791. The molecule has 2 heterocycles. The van der Waals surface area contributed by atoms with Gasteiger partial charge in [-0.25, -0.2) is 4.39 Å². The van der Waals surface area contributed by atoms with E-state index >= 15 is 0 Å². The van der Waals surface area contributed by atoms with Crippen LogP contribution in [0.2, 0.25) is 0 Å². The summed E-state index contributed by atoms with van der Waals surface area (Å²) < 4.78 is 23.9. The number of carbonyl (C=O) groups is 2. The van der Waals surface area contributed by atoms with Gasteiger partial charge in [0.1, 0.15) is 6.61 Å². The van der Waals surface area contributed by atoms with E-state index in [0.29, 0.717) is 13.0 Å². The average Bonchev–Trinajstić information content (AvgIpc) is 3.20. The molecule has 1 aromatic heterocycles. The van der Waals surface area contributed by atoms with Gasteiger partial charge in [-0.15, -0.1) is 0 Å². The molecule has 7 nitrogen and oxygen atoms in total. The zero-order chi connectivity index (χ0) is 18.0. The largest absolute Gasteiger partial charge is 0.482 e. The Hall–Kier alpha value is -2.90. The van der Waals surface area contributed by atoms with Gasteiger partial charge in [-0.05, 0) is 25.5 Å². The first-order valence-corrected chi connectivity index (χ1v) is 7.84. The summed E-state index contributed by atoms with van der Waals surface area (Å²) in [5.41, 5.74) is 0.0741. The third kappa shape index (κ3) is 3.47. The molecule has 1 aromatic carbocycles. The molecule has 1 amide bonds. The lowest BCUT2D eigenvalue weighted by molar-refractivity contribution is -0.142. The van der Waals surface area contributed by atoms with Crippen LogP contribution in [-0.4, -0.2) is 39.6 Å². The number of hydrogen-bond acceptors (Lipinski definition) is 5. The number of ether oxygens (including phenoxy) is 1. The molecule has 0 spiro atoms. The SMILES string of the molecule is CC1C(C(=O)O)CCN1C(=O)c1cc(COc2ccccc2F)on1. The number of aromatic nitrogens is 1. The van der Waals surface area contributed by atoms with Crippen molar-refractivity contribution in [2.75, 3.05) is 6.54 Å². The lowest BCUT2D eigenvalue weighted by atomic mass is 10.0. The number of amides is 1. The van der Waals surface area contributed by atoms with Gasteiger partial charge >= 0.3 is 5.97 Å². The molecule has 8 heteroatoms. The highest BCUT2D eigenvalue weighted by atomic mass is 19.1. The molecule has 0 radical (unpaired) electrons. The van der Waals surface area contributed by atoms with Gasteiger partial charge in [0.25, 0.3) is 5.91 Å². The van der Waals surface area contributed by atoms with Gasteiger partial charge in [0, 0.05) is 18.7 Å². The second kappa shape index (κ2) is 6.92. The van der Waals surface area contributed by atoms with Crippen LogP contribution in [0.25, 0.3) is 0 Å². The predicted molar refractivity (Wildman–Crippen MR) is 83.5 cm³/mol. The summed E-state index contributed by atoms with van der Waals surface area (Å²) in [6.07, 6.45) is 0.406. The van der Waals surface area contributed by atoms with Crippen molar-refractivity contribution in [1.29, 1.82) is 0 Å². The number of carbonyl (C=O) groups excluding carboxylic acids is 1. The van der Waals surface area contributed by atoms with E-state index in [-0.39, 0.29) is 23.8 Å². The van der Waals surface area contributed by atoms with Gasteiger partial charge in [0.05, 0.1) is 5.92 Å². The summed E-state index contributed by atoms with van der Waals surface area (Å²) in [7, 11) is 0. The Kier molecular flexibility index (Phi) is 4.69. The number of likely N-dealkylation sites (tertiary alicyclic amines) is 1. The Morgan fingerprint density at radius 1 is 1.44 bits per heavy atom. The molecule has 1 aliphatic rings. The number of benzene rings is 1. The fourth-order valence-electron chi connectivity index (χ4n) is 2.90. The zero-order valence-corrected chi connectivity index (χ0v) is 13.5. The van der Waals surface area contributed by atoms with Gasteiger partial charge in [-0.2, -0.15) is 0 Å². The Labute approximate surface area is 143 Å². The minimum absolute atomic E-state index is 0.0734. The number of para-hydroxylation sites is 1. The summed E-state index contributed by atoms with van der Waals surface area (Å²) >= 11 is 0. The van der Waals surface area contributed by atoms with E-state index < -0.39 is 29.7 Å². The monoisotopic (exact) mass is 348 g/mol. The number of aliphatic carboxylic acids is 1. The maximum absolute atomic E-state index is 13.5. The molecule has 0 saturated carbocycles. The number of carboxylic acid groups (broad SMARTS) is 1. The highest BCUT2D eigenvalue weighted by Gasteiger charge is 2.39. The molecule has 3 rings (SSSR count). The molecule has 132 valence electrons. The first-order valence-electron chi connectivity index (χ1n) is 7.84. The molecule has 1 fully saturated rings. The molecule has 2 aromatic rings. The van der Waals surface area contributed by atoms with E-state index in [9.17, 15) is 14.0 Å². The van der Waals surface area contributed by atoms with Gasteiger partial charge in [0.2, 0.25) is 0 Å². The van der Waals surface area contributed by atoms with E-state index in [1.165, 1.54) is 23.1 Å². The smallest absolute Gasteiger partial charge is 0.308 e. The van der Waals surface area contributed by atoms with Crippen molar-refractivity contribution in [2.45, 2.75) is 26.0 Å². The highest BCUT2D eigenvalue weighted by Crippen LogP contribution is 2.26. The van der Waals surface area contributed by atoms with Crippen molar-refractivity contribution < 1.29 is 28.3 Å². The Morgan fingerprint density at radius 3 is 2.88 bits per heavy atom. The minimum atomic E-state index is -0.915. The van der Waals surface area contributed by atoms with Crippen molar-refractivity contribution in [3.05, 3.63) is 47.6 Å². The van der Waals surface area contributed by atoms with Gasteiger partial charge in [-0.1, -0.05) is 17.3 Å². The molecule has 1 N–H and O–H groups in total. The van der Waals surface area contributed by atoms with Crippen molar-refractivity contribution in [2.24, 2.45) is 5.92 Å². The van der Waals surface area contributed by atoms with Crippen molar-refractivity contribution in [1.82, 2.24) is 10.1 Å². The topological polar surface area (TPSA) is 92.9 Å². The van der Waals surface area contributed by atoms with Crippen LogP contribution in [0.1, 0.15) is 29.6 Å². The normalized spacial score (nSPS) is 19.8. The molecule has 0 aliphatic carbocycles. The number of hydrogen-bond donors (Lipinski definition) is 1. The summed E-state index contributed by atoms with van der Waals surface area (Å²) in [5, 5.41) is 12.9. The van der Waals surface area contributed by atoms with E-state index in [4.69, 9.17) is 14.4 Å². The Balaban J connectivity index is 1.64. The molecule has 0 bridgehead atoms. The van der Waals surface area contributed by atoms with Crippen LogP contribution < -0.4 is 4.74 Å². The Morgan fingerprint density at radius 2 is 2.20 bits per heavy atom. The summed E-state index contributed by atoms with van der Waals surface area (Å²) in [5.74, 6) is -2.04. The van der Waals surface area contributed by atoms with E-state index in [1.807, 2.05) is 0 Å². The van der Waals surface area contributed by atoms with Crippen LogP contribution in [0, 0.1) is 11.7 Å². The average molecular weight is 348 g/mol. The van der Waals surface area contributed by atoms with Gasteiger partial charge in [-0.3, -0.25) is 9.59 Å². The lowest BCUT2D eigenvalue weighted by Gasteiger charge is -2.21. The van der Waals surface area contributed by atoms with Crippen LogP contribution in [0.4, 0.5) is 4.39 Å². The van der Waals surface area contributed by atoms with Crippen molar-refractivity contribution in [3.63, 3.8) is 0 Å². The summed E-state index contributed by atoms with van der Waals surface area (Å²) in [4.78, 5) is 25.1. The second-order valence-corrected chi connectivity index (χ2v) is 5.87. The van der Waals surface area contributed by atoms with Crippen LogP contribution >= 0.6 is 0 Å². The van der Waals surface area contributed by atoms with Gasteiger partial charge < -0.3 is 19.3 Å². The third-order valence-corrected chi connectivity index (χ3v) is 4.32. The quantitative estimate of drug-likeness (QED) is 0.891. The zero-order valence-electron chi connectivity index (χ0n) is 13.5. The minimum Gasteiger partial charge on any atom is -0.482 e. The standard InChI is InChI=1S/C17H17FN2O5/c1-10-12(17(22)23)6-7-20(10)16(21)14-8-11(25-19-14)9-24-15-5-3-2-4-13(15)18/h2-5,8,10,12H,6-7,9H2,1H3,(H,22,23). The first kappa shape index (κ1) is 16.9. The molecule has 2 atom stereocenters. The fraction of sp³-hybridized carbons (Fsp3) is 0.353. The molecular formula is C17H17FN2O5. The number of halogens is 1. The predicted octanol–water partition coefficient (Wildman–Crippen LogP) is 2.33. The van der Waals surface area contributed by atoms with Crippen LogP contribution in [0.15, 0.2) is 34.9 Å². The number of nitrogens with zero attached hydrogens (tertiary/aromatic N) is 2. The van der Waals surface area contributed by atoms with E-state index in [1.54, 1.807) is 19.1 Å². The maximum Gasteiger partial charge on any atom is 0.308 e. The maximum atomic E-state index is 13.5. The molecule has 1 saturated heterocycles. The van der Waals surface area contributed by atoms with Crippen molar-refractivity contribution >= 4 is 11.9 Å². The molecule has 1 aliphatic heterocycles. The van der Waals surface area contributed by atoms with E-state index in [2.05, 4.69) is 5.16 Å². The number of rotatable bonds is 5. The highest BCUT2D eigenvalue weighted by molar-refractivity contribution is 5.93. The van der Waals surface area contributed by atoms with Crippen LogP contribution in [0.3, 0.4) is 0 Å². The summed E-state index contributed by atoms with van der Waals surface area (Å²) in [6, 6.07) is 6.95. The van der Waals surface area contributed by atoms with Crippen molar-refractivity contribution in [3.8, 4) is 5.75 Å². The summed E-state index contributed by atoms with van der Waals surface area (Å²) in [6.45, 7) is 1.98. The molecule has 25 heavy (non-hydrogen) atoms. The molecular weight excluding hydrogens is 331 g/mol. The van der Waals surface area contributed by atoms with Crippen LogP contribution in [-0.2, 0) is 11.4 Å². The molecule has 2 unspecified atom stereocenters. The third-order valence-electron chi connectivity index (χ3n) is 4.32. The second-order valence-electron chi connectivity index (χ2n) is 5.87. The number of carboxylic acids is 1. The van der Waals surface area contributed by atoms with Gasteiger partial charge in [0.15, 0.2) is 23.0 Å². The lowest BCUT2D eigenvalue weighted by Crippen LogP contribution is -2.37. The van der Waals surface area contributed by atoms with E-state index in [0.717, 1.165) is 0 Å². The van der Waals surface area contributed by atoms with Crippen LogP contribution in [0.5, 0.6) is 5.75 Å². The first-order chi connectivity index (χ1) is 12.0.